The van der Waals surface area contributed by atoms with Gasteiger partial charge in [-0.25, -0.2) is 4.79 Å². The largest absolute Gasteiger partial charge is 0.508 e. The van der Waals surface area contributed by atoms with Crippen LogP contribution in [-0.2, 0) is 0 Å². The molecule has 1 unspecified atom stereocenters. The van der Waals surface area contributed by atoms with Crippen LogP contribution in [0.1, 0.15) is 37.7 Å². The molecule has 3 rings (SSSR count). The Morgan fingerprint density at radius 1 is 1.16 bits per heavy atom. The van der Waals surface area contributed by atoms with Gasteiger partial charge < -0.3 is 35.2 Å². The average molecular weight is 514 g/mol. The molecule has 1 atom stereocenters. The van der Waals surface area contributed by atoms with Gasteiger partial charge in [-0.3, -0.25) is 14.9 Å². The molecule has 0 bridgehead atoms. The number of nitro groups is 1. The summed E-state index contributed by atoms with van der Waals surface area (Å²) in [5.74, 6) is -1.25. The number of phenolic OH excluding ortho intramolecular Hbond substituents is 2. The van der Waals surface area contributed by atoms with Gasteiger partial charge in [0.25, 0.3) is 11.6 Å². The van der Waals surface area contributed by atoms with Gasteiger partial charge in [-0.2, -0.15) is 0 Å². The van der Waals surface area contributed by atoms with Crippen molar-refractivity contribution >= 4 is 17.7 Å². The van der Waals surface area contributed by atoms with E-state index in [4.69, 9.17) is 14.4 Å². The van der Waals surface area contributed by atoms with Crippen LogP contribution >= 0.6 is 0 Å². The third kappa shape index (κ3) is 6.87. The third-order valence-electron chi connectivity index (χ3n) is 5.39. The zero-order chi connectivity index (χ0) is 27.3. The Labute approximate surface area is 210 Å². The lowest BCUT2D eigenvalue weighted by Crippen LogP contribution is -2.45. The number of nitro benzene ring substituents is 1. The second kappa shape index (κ2) is 10.8. The zero-order valence-corrected chi connectivity index (χ0v) is 20.2. The molecule has 2 aromatic carbocycles. The highest BCUT2D eigenvalue weighted by Gasteiger charge is 2.26. The molecule has 3 aromatic rings. The van der Waals surface area contributed by atoms with Gasteiger partial charge in [-0.05, 0) is 24.0 Å². The molecule has 13 nitrogen and oxygen atoms in total. The van der Waals surface area contributed by atoms with Gasteiger partial charge in [0.2, 0.25) is 0 Å². The maximum atomic E-state index is 12.6. The molecule has 0 spiro atoms. The fraction of sp³-hybridized carbons (Fsp3) is 0.292. The smallest absolute Gasteiger partial charge is 0.404 e. The highest BCUT2D eigenvalue weighted by Crippen LogP contribution is 2.43. The van der Waals surface area contributed by atoms with E-state index in [2.05, 4.69) is 15.8 Å². The fourth-order valence-electron chi connectivity index (χ4n) is 3.47. The van der Waals surface area contributed by atoms with Crippen molar-refractivity contribution in [2.75, 3.05) is 6.54 Å². The molecule has 5 N–H and O–H groups in total. The number of hydrogen-bond acceptors (Lipinski definition) is 9. The minimum Gasteiger partial charge on any atom is -0.508 e. The number of nitrogens with zero attached hydrogens (tertiary/aromatic N) is 2. The lowest BCUT2D eigenvalue weighted by atomic mass is 9.85. The molecule has 0 aliphatic rings. The summed E-state index contributed by atoms with van der Waals surface area (Å²) >= 11 is 0. The van der Waals surface area contributed by atoms with Crippen LogP contribution in [0.15, 0.2) is 47.0 Å². The van der Waals surface area contributed by atoms with Gasteiger partial charge in [-0.1, -0.05) is 25.9 Å². The van der Waals surface area contributed by atoms with Gasteiger partial charge in [0.1, 0.15) is 28.6 Å². The van der Waals surface area contributed by atoms with Crippen molar-refractivity contribution in [1.29, 1.82) is 0 Å². The van der Waals surface area contributed by atoms with Gasteiger partial charge in [0.15, 0.2) is 11.5 Å². The summed E-state index contributed by atoms with van der Waals surface area (Å²) in [6.45, 7) is 5.78. The van der Waals surface area contributed by atoms with Gasteiger partial charge in [-0.15, -0.1) is 0 Å². The third-order valence-corrected chi connectivity index (χ3v) is 5.39. The number of phenols is 2. The Hall–Kier alpha value is -4.81. The first kappa shape index (κ1) is 26.8. The van der Waals surface area contributed by atoms with Crippen LogP contribution in [0, 0.1) is 15.5 Å². The van der Waals surface area contributed by atoms with Crippen molar-refractivity contribution in [1.82, 2.24) is 15.8 Å². The summed E-state index contributed by atoms with van der Waals surface area (Å²) in [6, 6.07) is 8.23. The number of benzene rings is 2. The second-order valence-electron chi connectivity index (χ2n) is 9.18. The number of aromatic nitrogens is 1. The second-order valence-corrected chi connectivity index (χ2v) is 9.18. The Bertz CT molecular complexity index is 1300. The molecule has 0 saturated carbocycles. The Morgan fingerprint density at radius 3 is 2.43 bits per heavy atom. The molecule has 0 fully saturated rings. The van der Waals surface area contributed by atoms with E-state index in [0.29, 0.717) is 6.42 Å². The van der Waals surface area contributed by atoms with E-state index in [1.807, 2.05) is 20.8 Å². The lowest BCUT2D eigenvalue weighted by Gasteiger charge is -2.30. The minimum absolute atomic E-state index is 0.0128. The zero-order valence-electron chi connectivity index (χ0n) is 20.2. The van der Waals surface area contributed by atoms with Crippen LogP contribution in [0.25, 0.3) is 11.3 Å². The van der Waals surface area contributed by atoms with E-state index in [1.54, 1.807) is 0 Å². The minimum atomic E-state index is -1.16. The monoisotopic (exact) mass is 514 g/mol. The number of carbonyl (C=O) groups is 2. The van der Waals surface area contributed by atoms with Crippen molar-refractivity contribution < 1.29 is 39.1 Å². The highest BCUT2D eigenvalue weighted by atomic mass is 16.6. The molecular formula is C24H26N4O9. The molecule has 0 saturated heterocycles. The topological polar surface area (TPSA) is 197 Å². The van der Waals surface area contributed by atoms with E-state index < -0.39 is 28.7 Å². The maximum Gasteiger partial charge on any atom is 0.404 e. The number of non-ortho nitro benzene ring substituents is 1. The Balaban J connectivity index is 1.77. The predicted octanol–water partition coefficient (Wildman–Crippen LogP) is 4.26. The van der Waals surface area contributed by atoms with Crippen molar-refractivity contribution in [3.63, 3.8) is 0 Å². The fourth-order valence-corrected chi connectivity index (χ4v) is 3.47. The summed E-state index contributed by atoms with van der Waals surface area (Å²) in [5, 5.41) is 49.1. The molecule has 2 amide bonds. The molecular weight excluding hydrogens is 488 g/mol. The molecule has 0 aliphatic heterocycles. The van der Waals surface area contributed by atoms with E-state index in [1.165, 1.54) is 36.4 Å². The number of ether oxygens (including phenoxy) is 1. The van der Waals surface area contributed by atoms with Crippen LogP contribution in [0.4, 0.5) is 10.5 Å². The molecule has 196 valence electrons. The molecule has 13 heteroatoms. The summed E-state index contributed by atoms with van der Waals surface area (Å²) < 4.78 is 10.9. The number of carboxylic acid groups (broad SMARTS) is 1. The standard InChI is InChI=1S/C24H26N4O9/c1-24(2,3)20(26-23(32)33)8-9-25-22(31)16-12-19(37-27-16)21-17(30)10-14(29)11-18(21)36-15-6-4-13(5-7-15)28(34)35/h4-7,10-12,20,26,29-30H,8-9H2,1-3H3,(H,25,31)(H,32,33). The SMILES string of the molecule is CC(C)(C)C(CCNC(=O)c1cc(-c2c(O)cc(O)cc2Oc2ccc([N+](=O)[O-])cc2)on1)NC(=O)O. The van der Waals surface area contributed by atoms with Crippen molar-refractivity contribution in [3.8, 4) is 34.3 Å². The number of hydrogen-bond donors (Lipinski definition) is 5. The molecule has 1 aromatic heterocycles. The Kier molecular flexibility index (Phi) is 7.85. The first-order valence-corrected chi connectivity index (χ1v) is 11.1. The highest BCUT2D eigenvalue weighted by molar-refractivity contribution is 5.93. The lowest BCUT2D eigenvalue weighted by molar-refractivity contribution is -0.384. The summed E-state index contributed by atoms with van der Waals surface area (Å²) in [7, 11) is 0. The van der Waals surface area contributed by atoms with Crippen molar-refractivity contribution in [2.24, 2.45) is 5.41 Å². The van der Waals surface area contributed by atoms with E-state index in [0.717, 1.165) is 6.07 Å². The van der Waals surface area contributed by atoms with Crippen LogP contribution in [0.3, 0.4) is 0 Å². The summed E-state index contributed by atoms with van der Waals surface area (Å²) in [5.41, 5.74) is -0.645. The van der Waals surface area contributed by atoms with Gasteiger partial charge in [0.05, 0.1) is 4.92 Å². The summed E-state index contributed by atoms with van der Waals surface area (Å²) in [6.07, 6.45) is -0.828. The van der Waals surface area contributed by atoms with Crippen molar-refractivity contribution in [2.45, 2.75) is 33.2 Å². The van der Waals surface area contributed by atoms with Gasteiger partial charge in [0, 0.05) is 42.9 Å². The number of aromatic hydroxyl groups is 2. The van der Waals surface area contributed by atoms with E-state index >= 15 is 0 Å². The average Bonchev–Trinajstić information content (AvgIpc) is 3.27. The number of amides is 2. The number of rotatable bonds is 9. The van der Waals surface area contributed by atoms with Crippen LogP contribution < -0.4 is 15.4 Å². The quantitative estimate of drug-likeness (QED) is 0.203. The molecule has 37 heavy (non-hydrogen) atoms. The normalized spacial score (nSPS) is 12.0. The predicted molar refractivity (Wildman–Crippen MR) is 130 cm³/mol. The Morgan fingerprint density at radius 2 is 1.84 bits per heavy atom. The first-order chi connectivity index (χ1) is 17.3. The first-order valence-electron chi connectivity index (χ1n) is 11.1. The number of nitrogens with one attached hydrogen (secondary N) is 2. The maximum absolute atomic E-state index is 12.6. The van der Waals surface area contributed by atoms with Gasteiger partial charge >= 0.3 is 6.09 Å². The van der Waals surface area contributed by atoms with E-state index in [9.17, 15) is 29.9 Å². The number of carbonyl (C=O) groups excluding carboxylic acids is 1. The van der Waals surface area contributed by atoms with E-state index in [-0.39, 0.29) is 51.9 Å². The molecule has 0 aliphatic carbocycles. The van der Waals surface area contributed by atoms with Crippen LogP contribution in [0.2, 0.25) is 0 Å². The molecule has 1 heterocycles. The van der Waals surface area contributed by atoms with Crippen molar-refractivity contribution in [3.05, 3.63) is 58.3 Å². The summed E-state index contributed by atoms with van der Waals surface area (Å²) in [4.78, 5) is 33.9. The van der Waals surface area contributed by atoms with Crippen LogP contribution in [-0.4, -0.2) is 50.0 Å². The van der Waals surface area contributed by atoms with Crippen LogP contribution in [0.5, 0.6) is 23.0 Å². The molecule has 0 radical (unpaired) electrons.